The van der Waals surface area contributed by atoms with E-state index in [1.807, 2.05) is 18.3 Å². The lowest BCUT2D eigenvalue weighted by molar-refractivity contribution is 0.415. The Bertz CT molecular complexity index is 832. The Labute approximate surface area is 116 Å². The molecule has 1 aliphatic rings. The van der Waals surface area contributed by atoms with Crippen molar-refractivity contribution in [3.8, 4) is 5.75 Å². The number of aromatic amines is 1. The van der Waals surface area contributed by atoms with Crippen LogP contribution in [0.1, 0.15) is 18.5 Å². The Balaban J connectivity index is 2.03. The summed E-state index contributed by atoms with van der Waals surface area (Å²) in [6.07, 6.45) is 4.01. The molecular weight excluding hydrogens is 250 g/mol. The molecule has 4 heteroatoms. The van der Waals surface area contributed by atoms with E-state index in [9.17, 15) is 0 Å². The average molecular weight is 265 g/mol. The van der Waals surface area contributed by atoms with Gasteiger partial charge in [0.15, 0.2) is 0 Å². The number of benzene rings is 1. The lowest BCUT2D eigenvalue weighted by Gasteiger charge is -2.01. The maximum Gasteiger partial charge on any atom is 0.119 e. The molecule has 0 fully saturated rings. The molecule has 4 nitrogen and oxygen atoms in total. The monoisotopic (exact) mass is 265 g/mol. The molecule has 3 aromatic rings. The van der Waals surface area contributed by atoms with Crippen molar-refractivity contribution in [1.82, 2.24) is 9.97 Å². The number of methoxy groups -OCH3 is 1. The fourth-order valence-electron chi connectivity index (χ4n) is 2.88. The first-order chi connectivity index (χ1) is 9.86. The summed E-state index contributed by atoms with van der Waals surface area (Å²) in [5.74, 6) is 0.870. The molecule has 1 aromatic carbocycles. The number of ether oxygens (including phenoxy) is 1. The number of fused-ring (bicyclic) bond motifs is 3. The summed E-state index contributed by atoms with van der Waals surface area (Å²) in [4.78, 5) is 12.6. The van der Waals surface area contributed by atoms with Gasteiger partial charge < -0.3 is 9.72 Å². The molecule has 3 heterocycles. The summed E-state index contributed by atoms with van der Waals surface area (Å²) in [6, 6.07) is 8.13. The number of H-pyrrole nitrogens is 1. The zero-order chi connectivity index (χ0) is 13.5. The number of nitrogens with one attached hydrogen (secondary N) is 1. The van der Waals surface area contributed by atoms with Crippen molar-refractivity contribution in [3.63, 3.8) is 0 Å². The topological polar surface area (TPSA) is 50.3 Å². The van der Waals surface area contributed by atoms with Crippen molar-refractivity contribution < 1.29 is 4.74 Å². The molecule has 100 valence electrons. The van der Waals surface area contributed by atoms with Crippen LogP contribution in [0.2, 0.25) is 0 Å². The number of nitrogens with zero attached hydrogens (tertiary/aromatic N) is 2. The van der Waals surface area contributed by atoms with Crippen LogP contribution in [0.3, 0.4) is 0 Å². The summed E-state index contributed by atoms with van der Waals surface area (Å²) in [6.45, 7) is 0.918. The number of hydrogen-bond donors (Lipinski definition) is 1. The Hall–Kier alpha value is -2.36. The van der Waals surface area contributed by atoms with Crippen molar-refractivity contribution in [2.24, 2.45) is 4.99 Å². The highest BCUT2D eigenvalue weighted by atomic mass is 16.5. The van der Waals surface area contributed by atoms with Crippen LogP contribution >= 0.6 is 0 Å². The number of rotatable bonds is 2. The molecule has 0 saturated heterocycles. The first kappa shape index (κ1) is 11.5. The number of aromatic nitrogens is 2. The third kappa shape index (κ3) is 1.61. The minimum Gasteiger partial charge on any atom is -0.497 e. The largest absolute Gasteiger partial charge is 0.497 e. The zero-order valence-corrected chi connectivity index (χ0v) is 11.3. The first-order valence-electron chi connectivity index (χ1n) is 6.85. The first-order valence-corrected chi connectivity index (χ1v) is 6.85. The minimum absolute atomic E-state index is 0.870. The van der Waals surface area contributed by atoms with E-state index in [4.69, 9.17) is 4.74 Å². The molecule has 2 aromatic heterocycles. The maximum absolute atomic E-state index is 5.32. The van der Waals surface area contributed by atoms with E-state index in [0.29, 0.717) is 0 Å². The Morgan fingerprint density at radius 2 is 2.15 bits per heavy atom. The van der Waals surface area contributed by atoms with E-state index in [-0.39, 0.29) is 0 Å². The van der Waals surface area contributed by atoms with E-state index in [1.54, 1.807) is 7.11 Å². The van der Waals surface area contributed by atoms with Gasteiger partial charge >= 0.3 is 0 Å². The van der Waals surface area contributed by atoms with Gasteiger partial charge in [-0.05, 0) is 37.1 Å². The third-order valence-electron chi connectivity index (χ3n) is 3.88. The Kier molecular flexibility index (Phi) is 2.49. The number of aliphatic imine (C=N–C) groups is 1. The SMILES string of the molecule is COc1ccc2[nH]c3c(C4=NCCC4)nccc3c2c1. The van der Waals surface area contributed by atoms with Crippen LogP contribution in [0.25, 0.3) is 21.8 Å². The standard InChI is InChI=1S/C16H15N3O/c1-20-10-4-5-13-12(9-10)11-6-8-18-16(15(11)19-13)14-3-2-7-17-14/h4-6,8-9,19H,2-3,7H2,1H3. The molecule has 1 aliphatic heterocycles. The fourth-order valence-corrected chi connectivity index (χ4v) is 2.88. The zero-order valence-electron chi connectivity index (χ0n) is 11.3. The molecule has 0 atom stereocenters. The van der Waals surface area contributed by atoms with Gasteiger partial charge in [0.1, 0.15) is 11.4 Å². The molecule has 0 saturated carbocycles. The summed E-state index contributed by atoms with van der Waals surface area (Å²) >= 11 is 0. The van der Waals surface area contributed by atoms with Crippen LogP contribution in [0.4, 0.5) is 0 Å². The van der Waals surface area contributed by atoms with Gasteiger partial charge in [0.05, 0.1) is 18.3 Å². The molecule has 0 radical (unpaired) electrons. The van der Waals surface area contributed by atoms with Gasteiger partial charge in [-0.1, -0.05) is 0 Å². The second-order valence-corrected chi connectivity index (χ2v) is 5.05. The van der Waals surface area contributed by atoms with Gasteiger partial charge in [-0.25, -0.2) is 0 Å². The highest BCUT2D eigenvalue weighted by Gasteiger charge is 2.16. The quantitative estimate of drug-likeness (QED) is 0.772. The normalized spacial score (nSPS) is 14.9. The Morgan fingerprint density at radius 3 is 2.95 bits per heavy atom. The van der Waals surface area contributed by atoms with E-state index < -0.39 is 0 Å². The van der Waals surface area contributed by atoms with Crippen LogP contribution in [0, 0.1) is 0 Å². The molecule has 20 heavy (non-hydrogen) atoms. The molecule has 0 aliphatic carbocycles. The van der Waals surface area contributed by atoms with Gasteiger partial charge in [0, 0.05) is 29.0 Å². The average Bonchev–Trinajstić information content (AvgIpc) is 3.13. The molecular formula is C16H15N3O. The summed E-state index contributed by atoms with van der Waals surface area (Å²) < 4.78 is 5.32. The minimum atomic E-state index is 0.870. The highest BCUT2D eigenvalue weighted by Crippen LogP contribution is 2.30. The highest BCUT2D eigenvalue weighted by molar-refractivity contribution is 6.16. The maximum atomic E-state index is 5.32. The fraction of sp³-hybridized carbons (Fsp3) is 0.250. The van der Waals surface area contributed by atoms with Gasteiger partial charge in [0.2, 0.25) is 0 Å². The lowest BCUT2D eigenvalue weighted by Crippen LogP contribution is -2.00. The van der Waals surface area contributed by atoms with E-state index in [2.05, 4.69) is 27.1 Å². The van der Waals surface area contributed by atoms with Crippen LogP contribution in [-0.4, -0.2) is 29.3 Å². The predicted molar refractivity (Wildman–Crippen MR) is 80.8 cm³/mol. The van der Waals surface area contributed by atoms with E-state index >= 15 is 0 Å². The van der Waals surface area contributed by atoms with Gasteiger partial charge in [-0.15, -0.1) is 0 Å². The van der Waals surface area contributed by atoms with Crippen molar-refractivity contribution in [2.45, 2.75) is 12.8 Å². The van der Waals surface area contributed by atoms with Crippen molar-refractivity contribution in [1.29, 1.82) is 0 Å². The van der Waals surface area contributed by atoms with Crippen LogP contribution < -0.4 is 4.74 Å². The van der Waals surface area contributed by atoms with Gasteiger partial charge in [0.25, 0.3) is 0 Å². The van der Waals surface area contributed by atoms with Crippen LogP contribution in [-0.2, 0) is 0 Å². The summed E-state index contributed by atoms with van der Waals surface area (Å²) in [5.41, 5.74) is 4.30. The van der Waals surface area contributed by atoms with Crippen LogP contribution in [0.5, 0.6) is 5.75 Å². The molecule has 1 N–H and O–H groups in total. The van der Waals surface area contributed by atoms with E-state index in [1.165, 1.54) is 10.8 Å². The Morgan fingerprint density at radius 1 is 1.20 bits per heavy atom. The molecule has 0 bridgehead atoms. The van der Waals surface area contributed by atoms with Crippen LogP contribution in [0.15, 0.2) is 35.5 Å². The molecule has 0 amide bonds. The van der Waals surface area contributed by atoms with Gasteiger partial charge in [-0.3, -0.25) is 9.98 Å². The summed E-state index contributed by atoms with van der Waals surface area (Å²) in [5, 5.41) is 2.35. The predicted octanol–water partition coefficient (Wildman–Crippen LogP) is 3.31. The summed E-state index contributed by atoms with van der Waals surface area (Å²) in [7, 11) is 1.69. The second-order valence-electron chi connectivity index (χ2n) is 5.05. The molecule has 4 rings (SSSR count). The van der Waals surface area contributed by atoms with Crippen molar-refractivity contribution >= 4 is 27.5 Å². The lowest BCUT2D eigenvalue weighted by atomic mass is 10.1. The smallest absolute Gasteiger partial charge is 0.119 e. The second kappa shape index (κ2) is 4.34. The molecule has 0 spiro atoms. The van der Waals surface area contributed by atoms with E-state index in [0.717, 1.165) is 47.6 Å². The number of hydrogen-bond acceptors (Lipinski definition) is 3. The number of pyridine rings is 1. The van der Waals surface area contributed by atoms with Crippen molar-refractivity contribution in [2.75, 3.05) is 13.7 Å². The van der Waals surface area contributed by atoms with Crippen molar-refractivity contribution in [3.05, 3.63) is 36.2 Å². The van der Waals surface area contributed by atoms with Gasteiger partial charge in [-0.2, -0.15) is 0 Å². The molecule has 0 unspecified atom stereocenters. The third-order valence-corrected chi connectivity index (χ3v) is 3.88.